The largest absolute Gasteiger partial charge is 0.481 e. The van der Waals surface area contributed by atoms with Gasteiger partial charge >= 0.3 is 5.97 Å². The molecule has 0 bridgehead atoms. The van der Waals surface area contributed by atoms with Gasteiger partial charge in [-0.1, -0.05) is 12.1 Å². The molecule has 1 aromatic heterocycles. The lowest BCUT2D eigenvalue weighted by Crippen LogP contribution is -2.26. The standard InChI is InChI=1S/C25H27FN4O6S/c1-2-11-27-37(35,36)22-13-17(6-9-19(22)26)23(32)29-25-28-20-10-3-15(14-31)12-21(20)30(25)18-7-4-16(5-8-18)24(33)34/h2-3,6,9-10,12-13,16,18,27,31H,1,4-5,7-8,11,14H2,(H,33,34)(H,28,29,32). The third-order valence-corrected chi connectivity index (χ3v) is 7.91. The van der Waals surface area contributed by atoms with E-state index in [4.69, 9.17) is 0 Å². The first kappa shape index (κ1) is 26.5. The van der Waals surface area contributed by atoms with Gasteiger partial charge in [-0.25, -0.2) is 22.5 Å². The molecule has 0 radical (unpaired) electrons. The Hall–Kier alpha value is -3.61. The summed E-state index contributed by atoms with van der Waals surface area (Å²) >= 11 is 0. The van der Waals surface area contributed by atoms with Crippen molar-refractivity contribution in [3.05, 3.63) is 66.0 Å². The molecule has 3 aromatic rings. The molecule has 2 aromatic carbocycles. The Balaban J connectivity index is 1.69. The number of aliphatic carboxylic acids is 1. The molecule has 1 saturated carbocycles. The molecule has 4 rings (SSSR count). The Morgan fingerprint density at radius 2 is 1.89 bits per heavy atom. The topological polar surface area (TPSA) is 151 Å². The fourth-order valence-corrected chi connectivity index (χ4v) is 5.65. The summed E-state index contributed by atoms with van der Waals surface area (Å²) in [4.78, 5) is 28.4. The minimum Gasteiger partial charge on any atom is -0.481 e. The van der Waals surface area contributed by atoms with Crippen LogP contribution in [0.2, 0.25) is 0 Å². The maximum Gasteiger partial charge on any atom is 0.306 e. The Kier molecular flexibility index (Phi) is 7.71. The van der Waals surface area contributed by atoms with E-state index in [1.165, 1.54) is 12.1 Å². The predicted molar refractivity (Wildman–Crippen MR) is 134 cm³/mol. The number of aliphatic hydroxyl groups excluding tert-OH is 1. The summed E-state index contributed by atoms with van der Waals surface area (Å²) in [6.07, 6.45) is 3.32. The van der Waals surface area contributed by atoms with Crippen molar-refractivity contribution in [2.75, 3.05) is 11.9 Å². The lowest BCUT2D eigenvalue weighted by Gasteiger charge is -2.28. The molecular weight excluding hydrogens is 503 g/mol. The zero-order valence-electron chi connectivity index (χ0n) is 19.9. The van der Waals surface area contributed by atoms with Gasteiger partial charge in [0.15, 0.2) is 0 Å². The third kappa shape index (κ3) is 5.55. The highest BCUT2D eigenvalue weighted by Crippen LogP contribution is 2.37. The van der Waals surface area contributed by atoms with Gasteiger partial charge in [-0.15, -0.1) is 6.58 Å². The number of aromatic nitrogens is 2. The van der Waals surface area contributed by atoms with E-state index in [2.05, 4.69) is 21.6 Å². The minimum atomic E-state index is -4.22. The van der Waals surface area contributed by atoms with Gasteiger partial charge in [0.25, 0.3) is 5.91 Å². The van der Waals surface area contributed by atoms with Crippen LogP contribution in [0.3, 0.4) is 0 Å². The number of carboxylic acids is 1. The monoisotopic (exact) mass is 530 g/mol. The summed E-state index contributed by atoms with van der Waals surface area (Å²) in [5, 5.41) is 21.7. The van der Waals surface area contributed by atoms with Crippen molar-refractivity contribution in [3.63, 3.8) is 0 Å². The number of halogens is 1. The van der Waals surface area contributed by atoms with Gasteiger partial charge < -0.3 is 14.8 Å². The number of aliphatic hydroxyl groups is 1. The highest BCUT2D eigenvalue weighted by molar-refractivity contribution is 7.89. The molecule has 1 fully saturated rings. The SMILES string of the molecule is C=CCNS(=O)(=O)c1cc(C(=O)Nc2nc3ccc(CO)cc3n2C2CCC(C(=O)O)CC2)ccc1F. The molecule has 0 spiro atoms. The molecule has 37 heavy (non-hydrogen) atoms. The number of imidazole rings is 1. The Labute approximate surface area is 212 Å². The zero-order chi connectivity index (χ0) is 26.7. The molecule has 196 valence electrons. The van der Waals surface area contributed by atoms with Gasteiger partial charge in [0, 0.05) is 18.2 Å². The smallest absolute Gasteiger partial charge is 0.306 e. The van der Waals surface area contributed by atoms with E-state index in [0.717, 1.165) is 12.1 Å². The van der Waals surface area contributed by atoms with Crippen LogP contribution in [-0.4, -0.2) is 46.6 Å². The van der Waals surface area contributed by atoms with Crippen molar-refractivity contribution in [1.29, 1.82) is 0 Å². The molecule has 0 atom stereocenters. The van der Waals surface area contributed by atoms with Crippen LogP contribution in [0.25, 0.3) is 11.0 Å². The average molecular weight is 531 g/mol. The van der Waals surface area contributed by atoms with Crippen LogP contribution in [0.4, 0.5) is 10.3 Å². The van der Waals surface area contributed by atoms with Crippen molar-refractivity contribution < 1.29 is 32.6 Å². The summed E-state index contributed by atoms with van der Waals surface area (Å²) in [7, 11) is -4.22. The summed E-state index contributed by atoms with van der Waals surface area (Å²) in [5.41, 5.74) is 1.77. The lowest BCUT2D eigenvalue weighted by atomic mass is 9.86. The van der Waals surface area contributed by atoms with Gasteiger partial charge in [-0.3, -0.25) is 14.9 Å². The first-order valence-electron chi connectivity index (χ1n) is 11.7. The number of nitrogens with one attached hydrogen (secondary N) is 2. The van der Waals surface area contributed by atoms with Gasteiger partial charge in [0.1, 0.15) is 10.7 Å². The van der Waals surface area contributed by atoms with Crippen LogP contribution in [0.1, 0.15) is 47.6 Å². The van der Waals surface area contributed by atoms with Gasteiger partial charge in [-0.2, -0.15) is 0 Å². The van der Waals surface area contributed by atoms with Crippen molar-refractivity contribution >= 4 is 38.9 Å². The van der Waals surface area contributed by atoms with E-state index in [1.807, 2.05) is 4.57 Å². The zero-order valence-corrected chi connectivity index (χ0v) is 20.7. The number of hydrogen-bond acceptors (Lipinski definition) is 6. The van der Waals surface area contributed by atoms with E-state index in [0.29, 0.717) is 42.3 Å². The number of sulfonamides is 1. The fourth-order valence-electron chi connectivity index (χ4n) is 4.55. The maximum atomic E-state index is 14.3. The van der Waals surface area contributed by atoms with Crippen LogP contribution in [0.5, 0.6) is 0 Å². The van der Waals surface area contributed by atoms with Crippen molar-refractivity contribution in [2.24, 2.45) is 5.92 Å². The number of benzene rings is 2. The van der Waals surface area contributed by atoms with Gasteiger partial charge in [0.2, 0.25) is 16.0 Å². The van der Waals surface area contributed by atoms with Crippen LogP contribution in [0, 0.1) is 11.7 Å². The summed E-state index contributed by atoms with van der Waals surface area (Å²) < 4.78 is 43.2. The van der Waals surface area contributed by atoms with E-state index in [-0.39, 0.29) is 30.7 Å². The van der Waals surface area contributed by atoms with E-state index >= 15 is 0 Å². The Bertz CT molecular complexity index is 1460. The number of anilines is 1. The van der Waals surface area contributed by atoms with Crippen LogP contribution >= 0.6 is 0 Å². The van der Waals surface area contributed by atoms with Crippen molar-refractivity contribution in [2.45, 2.75) is 43.2 Å². The second-order valence-electron chi connectivity index (χ2n) is 8.87. The third-order valence-electron chi connectivity index (χ3n) is 6.47. The summed E-state index contributed by atoms with van der Waals surface area (Å²) in [6.45, 7) is 3.12. The van der Waals surface area contributed by atoms with Gasteiger partial charge in [-0.05, 0) is 61.6 Å². The quantitative estimate of drug-likeness (QED) is 0.310. The first-order chi connectivity index (χ1) is 17.6. The Morgan fingerprint density at radius 1 is 1.16 bits per heavy atom. The fraction of sp³-hybridized carbons (Fsp3) is 0.320. The summed E-state index contributed by atoms with van der Waals surface area (Å²) in [6, 6.07) is 8.05. The van der Waals surface area contributed by atoms with E-state index in [1.54, 1.807) is 18.2 Å². The minimum absolute atomic E-state index is 0.0929. The van der Waals surface area contributed by atoms with E-state index in [9.17, 15) is 32.6 Å². The second kappa shape index (κ2) is 10.8. The van der Waals surface area contributed by atoms with Crippen LogP contribution in [0.15, 0.2) is 53.9 Å². The molecule has 4 N–H and O–H groups in total. The number of carboxylic acid groups (broad SMARTS) is 1. The normalized spacial score (nSPS) is 18.0. The molecule has 1 amide bonds. The lowest BCUT2D eigenvalue weighted by molar-refractivity contribution is -0.143. The van der Waals surface area contributed by atoms with Gasteiger partial charge in [0.05, 0.1) is 23.6 Å². The molecule has 0 aliphatic heterocycles. The molecule has 0 saturated heterocycles. The number of amides is 1. The molecule has 0 unspecified atom stereocenters. The number of carbonyl (C=O) groups excluding carboxylic acids is 1. The van der Waals surface area contributed by atoms with Crippen molar-refractivity contribution in [3.8, 4) is 0 Å². The second-order valence-corrected chi connectivity index (χ2v) is 10.6. The van der Waals surface area contributed by atoms with E-state index < -0.39 is 38.5 Å². The molecule has 1 aliphatic rings. The highest BCUT2D eigenvalue weighted by atomic mass is 32.2. The van der Waals surface area contributed by atoms with Crippen molar-refractivity contribution in [1.82, 2.24) is 14.3 Å². The number of rotatable bonds is 9. The average Bonchev–Trinajstić information content (AvgIpc) is 3.24. The first-order valence-corrected chi connectivity index (χ1v) is 13.2. The number of nitrogens with zero attached hydrogens (tertiary/aromatic N) is 2. The number of fused-ring (bicyclic) bond motifs is 1. The molecule has 10 nitrogen and oxygen atoms in total. The van der Waals surface area contributed by atoms with Crippen LogP contribution < -0.4 is 10.0 Å². The number of hydrogen-bond donors (Lipinski definition) is 4. The molecule has 1 heterocycles. The maximum absolute atomic E-state index is 14.3. The van der Waals surface area contributed by atoms with Crippen LogP contribution in [-0.2, 0) is 21.4 Å². The molecule has 1 aliphatic carbocycles. The number of carbonyl (C=O) groups is 2. The Morgan fingerprint density at radius 3 is 2.54 bits per heavy atom. The highest BCUT2D eigenvalue weighted by Gasteiger charge is 2.30. The summed E-state index contributed by atoms with van der Waals surface area (Å²) in [5.74, 6) is -2.79. The predicted octanol–water partition coefficient (Wildman–Crippen LogP) is 3.20. The molecule has 12 heteroatoms. The molecular formula is C25H27FN4O6S.